The standard InChI is InChI=1S/C18H30N4O2.HI/c1-22(2)15(14-6-7-14)12-21-18(19)20-10-9-13-5-8-16(23-3)17(11-13)24-4;/h5,8,11,14-15H,6-7,9-10,12H2,1-4H3,(H3,19,20,21);1H. The zero-order valence-corrected chi connectivity index (χ0v) is 17.9. The lowest BCUT2D eigenvalue weighted by molar-refractivity contribution is 0.271. The summed E-state index contributed by atoms with van der Waals surface area (Å²) in [5.41, 5.74) is 7.15. The van der Waals surface area contributed by atoms with Gasteiger partial charge in [-0.05, 0) is 57.0 Å². The lowest BCUT2D eigenvalue weighted by atomic mass is 10.1. The predicted molar refractivity (Wildman–Crippen MR) is 113 cm³/mol. The summed E-state index contributed by atoms with van der Waals surface area (Å²) in [5.74, 6) is 2.78. The van der Waals surface area contributed by atoms with Crippen molar-refractivity contribution in [2.24, 2.45) is 16.6 Å². The van der Waals surface area contributed by atoms with Gasteiger partial charge in [-0.1, -0.05) is 6.07 Å². The molecule has 1 aromatic carbocycles. The molecule has 0 spiro atoms. The lowest BCUT2D eigenvalue weighted by Crippen LogP contribution is -2.37. The minimum absolute atomic E-state index is 0. The summed E-state index contributed by atoms with van der Waals surface area (Å²) in [7, 11) is 7.50. The fraction of sp³-hybridized carbons (Fsp3) is 0.611. The van der Waals surface area contributed by atoms with Gasteiger partial charge in [0.1, 0.15) is 0 Å². The van der Waals surface area contributed by atoms with Crippen molar-refractivity contribution in [3.8, 4) is 11.5 Å². The number of nitrogens with zero attached hydrogens (tertiary/aromatic N) is 2. The number of hydrogen-bond donors (Lipinski definition) is 2. The molecule has 0 amide bonds. The van der Waals surface area contributed by atoms with Gasteiger partial charge < -0.3 is 25.4 Å². The first kappa shape index (κ1) is 21.8. The molecule has 142 valence electrons. The summed E-state index contributed by atoms with van der Waals surface area (Å²) in [6.07, 6.45) is 3.46. The SMILES string of the molecule is COc1ccc(CCNC(N)=NCC(C2CC2)N(C)C)cc1OC.I. The zero-order chi connectivity index (χ0) is 17.5. The van der Waals surface area contributed by atoms with E-state index in [1.54, 1.807) is 14.2 Å². The Hall–Kier alpha value is -1.22. The van der Waals surface area contributed by atoms with Gasteiger partial charge in [-0.15, -0.1) is 24.0 Å². The number of aliphatic imine (C=N–C) groups is 1. The van der Waals surface area contributed by atoms with Gasteiger partial charge in [-0.2, -0.15) is 0 Å². The quantitative estimate of drug-likeness (QED) is 0.334. The second-order valence-electron chi connectivity index (χ2n) is 6.46. The molecule has 1 atom stereocenters. The normalized spacial score (nSPS) is 15.5. The summed E-state index contributed by atoms with van der Waals surface area (Å²) >= 11 is 0. The van der Waals surface area contributed by atoms with E-state index >= 15 is 0 Å². The molecule has 0 saturated heterocycles. The molecule has 6 nitrogen and oxygen atoms in total. The molecular weight excluding hydrogens is 431 g/mol. The van der Waals surface area contributed by atoms with Crippen LogP contribution in [0.15, 0.2) is 23.2 Å². The maximum atomic E-state index is 5.98. The van der Waals surface area contributed by atoms with Crippen molar-refractivity contribution in [3.05, 3.63) is 23.8 Å². The second-order valence-corrected chi connectivity index (χ2v) is 6.46. The third-order valence-corrected chi connectivity index (χ3v) is 4.45. The van der Waals surface area contributed by atoms with E-state index in [1.165, 1.54) is 12.8 Å². The molecule has 1 aromatic rings. The summed E-state index contributed by atoms with van der Waals surface area (Å²) < 4.78 is 10.6. The van der Waals surface area contributed by atoms with Crippen LogP contribution in [0, 0.1) is 5.92 Å². The first-order chi connectivity index (χ1) is 11.5. The van der Waals surface area contributed by atoms with Crippen LogP contribution in [0.5, 0.6) is 11.5 Å². The van der Waals surface area contributed by atoms with Crippen LogP contribution in [-0.4, -0.2) is 58.3 Å². The molecular formula is C18H31IN4O2. The molecule has 0 aliphatic heterocycles. The summed E-state index contributed by atoms with van der Waals surface area (Å²) in [6.45, 7) is 1.49. The van der Waals surface area contributed by atoms with Gasteiger partial charge in [-0.3, -0.25) is 4.99 Å². The number of guanidine groups is 1. The molecule has 7 heteroatoms. The highest BCUT2D eigenvalue weighted by Gasteiger charge is 2.32. The van der Waals surface area contributed by atoms with E-state index in [-0.39, 0.29) is 24.0 Å². The maximum Gasteiger partial charge on any atom is 0.188 e. The number of ether oxygens (including phenoxy) is 2. The van der Waals surface area contributed by atoms with Crippen molar-refractivity contribution in [2.45, 2.75) is 25.3 Å². The van der Waals surface area contributed by atoms with Gasteiger partial charge in [0.15, 0.2) is 17.5 Å². The number of methoxy groups -OCH3 is 2. The molecule has 0 bridgehead atoms. The van der Waals surface area contributed by atoms with E-state index in [0.717, 1.165) is 42.5 Å². The number of benzene rings is 1. The number of likely N-dealkylation sites (N-methyl/N-ethyl adjacent to an activating group) is 1. The molecule has 1 fully saturated rings. The van der Waals surface area contributed by atoms with E-state index < -0.39 is 0 Å². The molecule has 1 saturated carbocycles. The van der Waals surface area contributed by atoms with Crippen LogP contribution in [0.2, 0.25) is 0 Å². The smallest absolute Gasteiger partial charge is 0.188 e. The molecule has 1 aliphatic carbocycles. The Bertz CT molecular complexity index is 560. The van der Waals surface area contributed by atoms with Gasteiger partial charge in [0.25, 0.3) is 0 Å². The van der Waals surface area contributed by atoms with E-state index in [4.69, 9.17) is 15.2 Å². The Labute approximate surface area is 168 Å². The van der Waals surface area contributed by atoms with Crippen molar-refractivity contribution in [2.75, 3.05) is 41.4 Å². The Morgan fingerprint density at radius 3 is 2.52 bits per heavy atom. The second kappa shape index (κ2) is 10.7. The number of nitrogens with one attached hydrogen (secondary N) is 1. The van der Waals surface area contributed by atoms with Gasteiger partial charge in [0.05, 0.1) is 20.8 Å². The molecule has 0 radical (unpaired) electrons. The average Bonchev–Trinajstić information content (AvgIpc) is 3.39. The highest BCUT2D eigenvalue weighted by molar-refractivity contribution is 14.0. The lowest BCUT2D eigenvalue weighted by Gasteiger charge is -2.22. The predicted octanol–water partition coefficient (Wildman–Crippen LogP) is 2.11. The third-order valence-electron chi connectivity index (χ3n) is 4.45. The highest BCUT2D eigenvalue weighted by Crippen LogP contribution is 2.34. The van der Waals surface area contributed by atoms with Crippen LogP contribution >= 0.6 is 24.0 Å². The Morgan fingerprint density at radius 1 is 1.28 bits per heavy atom. The van der Waals surface area contributed by atoms with Gasteiger partial charge in [0.2, 0.25) is 0 Å². The first-order valence-corrected chi connectivity index (χ1v) is 8.46. The molecule has 25 heavy (non-hydrogen) atoms. The van der Waals surface area contributed by atoms with Gasteiger partial charge >= 0.3 is 0 Å². The van der Waals surface area contributed by atoms with E-state index in [9.17, 15) is 0 Å². The summed E-state index contributed by atoms with van der Waals surface area (Å²) in [5, 5.41) is 3.19. The van der Waals surface area contributed by atoms with E-state index in [1.807, 2.05) is 18.2 Å². The minimum Gasteiger partial charge on any atom is -0.493 e. The van der Waals surface area contributed by atoms with Gasteiger partial charge in [0, 0.05) is 12.6 Å². The monoisotopic (exact) mass is 462 g/mol. The molecule has 2 rings (SSSR count). The van der Waals surface area contributed by atoms with Crippen LogP contribution in [-0.2, 0) is 6.42 Å². The fourth-order valence-corrected chi connectivity index (χ4v) is 2.83. The number of nitrogens with two attached hydrogens (primary N) is 1. The van der Waals surface area contributed by atoms with Crippen molar-refractivity contribution < 1.29 is 9.47 Å². The Kier molecular flexibility index (Phi) is 9.34. The van der Waals surface area contributed by atoms with Crippen molar-refractivity contribution in [1.29, 1.82) is 0 Å². The van der Waals surface area contributed by atoms with Crippen LogP contribution in [0.3, 0.4) is 0 Å². The van der Waals surface area contributed by atoms with Gasteiger partial charge in [-0.25, -0.2) is 0 Å². The first-order valence-electron chi connectivity index (χ1n) is 8.46. The Balaban J connectivity index is 0.00000312. The number of halogens is 1. The highest BCUT2D eigenvalue weighted by atomic mass is 127. The van der Waals surface area contributed by atoms with Crippen LogP contribution in [0.25, 0.3) is 0 Å². The van der Waals surface area contributed by atoms with E-state index in [0.29, 0.717) is 12.0 Å². The average molecular weight is 462 g/mol. The molecule has 0 heterocycles. The van der Waals surface area contributed by atoms with Crippen LogP contribution in [0.1, 0.15) is 18.4 Å². The summed E-state index contributed by atoms with van der Waals surface area (Å²) in [6, 6.07) is 6.44. The van der Waals surface area contributed by atoms with Crippen molar-refractivity contribution in [1.82, 2.24) is 10.2 Å². The molecule has 3 N–H and O–H groups in total. The molecule has 0 aromatic heterocycles. The Morgan fingerprint density at radius 2 is 1.96 bits per heavy atom. The van der Waals surface area contributed by atoms with E-state index in [2.05, 4.69) is 29.3 Å². The third kappa shape index (κ3) is 6.89. The number of rotatable bonds is 9. The zero-order valence-electron chi connectivity index (χ0n) is 15.6. The minimum atomic E-state index is 0. The van der Waals surface area contributed by atoms with Crippen molar-refractivity contribution >= 4 is 29.9 Å². The fourth-order valence-electron chi connectivity index (χ4n) is 2.83. The largest absolute Gasteiger partial charge is 0.493 e. The number of hydrogen-bond acceptors (Lipinski definition) is 4. The molecule has 1 aliphatic rings. The summed E-state index contributed by atoms with van der Waals surface area (Å²) in [4.78, 5) is 6.74. The maximum absolute atomic E-state index is 5.98. The molecule has 1 unspecified atom stereocenters. The topological polar surface area (TPSA) is 72.1 Å². The van der Waals surface area contributed by atoms with Crippen LogP contribution in [0.4, 0.5) is 0 Å². The van der Waals surface area contributed by atoms with Crippen molar-refractivity contribution in [3.63, 3.8) is 0 Å². The van der Waals surface area contributed by atoms with Crippen LogP contribution < -0.4 is 20.5 Å².